The minimum atomic E-state index is 0.0275. The Hall–Kier alpha value is -2.14. The molecule has 2 aromatic carbocycles. The van der Waals surface area contributed by atoms with Crippen LogP contribution in [0.5, 0.6) is 5.75 Å². The lowest BCUT2D eigenvalue weighted by atomic mass is 9.84. The van der Waals surface area contributed by atoms with Crippen LogP contribution in [0.4, 0.5) is 0 Å². The zero-order valence-electron chi connectivity index (χ0n) is 16.7. The smallest absolute Gasteiger partial charge is 0.308 e. The second-order valence-electron chi connectivity index (χ2n) is 7.78. The zero-order chi connectivity index (χ0) is 21.8. The first-order chi connectivity index (χ1) is 15.6. The summed E-state index contributed by atoms with van der Waals surface area (Å²) in [5.74, 6) is 3.04. The van der Waals surface area contributed by atoms with Crippen LogP contribution in [0, 0.1) is 10.7 Å². The zero-order valence-corrected chi connectivity index (χ0v) is 20.7. The van der Waals surface area contributed by atoms with Crippen molar-refractivity contribution in [1.29, 1.82) is 0 Å². The number of benzene rings is 2. The molecule has 0 fully saturated rings. The highest BCUT2D eigenvalue weighted by molar-refractivity contribution is 9.10. The maximum atomic E-state index is 13.2. The normalized spacial score (nSPS) is 19.0. The minimum Gasteiger partial charge on any atom is -0.493 e. The van der Waals surface area contributed by atoms with Gasteiger partial charge in [-0.05, 0) is 42.5 Å². The third kappa shape index (κ3) is 3.32. The van der Waals surface area contributed by atoms with Crippen LogP contribution in [-0.4, -0.2) is 31.7 Å². The van der Waals surface area contributed by atoms with Gasteiger partial charge in [-0.1, -0.05) is 45.5 Å². The van der Waals surface area contributed by atoms with Crippen molar-refractivity contribution in [3.05, 3.63) is 83.7 Å². The van der Waals surface area contributed by atoms with Gasteiger partial charge in [0.2, 0.25) is 0 Å². The molecule has 32 heavy (non-hydrogen) atoms. The van der Waals surface area contributed by atoms with Crippen molar-refractivity contribution in [3.8, 4) is 11.4 Å². The highest BCUT2D eigenvalue weighted by Gasteiger charge is 2.40. The Balaban J connectivity index is 1.44. The van der Waals surface area contributed by atoms with Crippen LogP contribution in [0.2, 0.25) is 0 Å². The lowest BCUT2D eigenvalue weighted by Crippen LogP contribution is -2.31. The standard InChI is InChI=1S/C22H17BrN4O2S3/c23-13-6-7-16-15(8-13)18-12(10-29-16)11-31-20-19(18)32-22(28)26(20)9-17-24-25-21(30)27(17)14-4-2-1-3-5-14/h1-8,12,18H,9-11H2,(H,25,30). The van der Waals surface area contributed by atoms with Crippen LogP contribution in [0.3, 0.4) is 0 Å². The fourth-order valence-corrected chi connectivity index (χ4v) is 7.76. The van der Waals surface area contributed by atoms with Crippen molar-refractivity contribution in [2.24, 2.45) is 5.92 Å². The van der Waals surface area contributed by atoms with E-state index in [1.807, 2.05) is 51.6 Å². The number of H-pyrrole nitrogens is 1. The molecular weight excluding hydrogens is 528 g/mol. The second kappa shape index (κ2) is 8.02. The number of thiazole rings is 1. The first-order valence-electron chi connectivity index (χ1n) is 10.1. The highest BCUT2D eigenvalue weighted by Crippen LogP contribution is 2.51. The number of ether oxygens (including phenoxy) is 1. The SMILES string of the molecule is O=c1sc2c(n1Cc1n[nH]c(=S)n1-c1ccccc1)SCC1COc3ccc(Br)cc3C21. The van der Waals surface area contributed by atoms with Crippen molar-refractivity contribution in [3.63, 3.8) is 0 Å². The molecule has 0 saturated heterocycles. The molecule has 2 unspecified atom stereocenters. The number of halogens is 1. The molecule has 6 nitrogen and oxygen atoms in total. The van der Waals surface area contributed by atoms with Crippen molar-refractivity contribution < 1.29 is 4.74 Å². The van der Waals surface area contributed by atoms with Gasteiger partial charge >= 0.3 is 4.87 Å². The number of rotatable bonds is 3. The van der Waals surface area contributed by atoms with E-state index >= 15 is 0 Å². The molecule has 2 aromatic heterocycles. The largest absolute Gasteiger partial charge is 0.493 e. The van der Waals surface area contributed by atoms with Crippen LogP contribution in [-0.2, 0) is 6.54 Å². The number of hydrogen-bond acceptors (Lipinski definition) is 6. The van der Waals surface area contributed by atoms with E-state index in [1.54, 1.807) is 11.8 Å². The second-order valence-corrected chi connectivity index (χ2v) is 11.1. The van der Waals surface area contributed by atoms with Gasteiger partial charge < -0.3 is 4.74 Å². The van der Waals surface area contributed by atoms with Gasteiger partial charge in [-0.15, -0.1) is 11.8 Å². The molecule has 0 aliphatic carbocycles. The molecule has 2 aliphatic rings. The Kier molecular flexibility index (Phi) is 5.13. The van der Waals surface area contributed by atoms with Crippen molar-refractivity contribution in [1.82, 2.24) is 19.3 Å². The summed E-state index contributed by atoms with van der Waals surface area (Å²) in [5.41, 5.74) is 2.08. The van der Waals surface area contributed by atoms with E-state index in [-0.39, 0.29) is 10.8 Å². The van der Waals surface area contributed by atoms with Crippen molar-refractivity contribution in [2.75, 3.05) is 12.4 Å². The van der Waals surface area contributed by atoms with E-state index in [0.29, 0.717) is 29.7 Å². The Morgan fingerprint density at radius 2 is 2.09 bits per heavy atom. The Bertz CT molecular complexity index is 1440. The van der Waals surface area contributed by atoms with E-state index in [2.05, 4.69) is 32.2 Å². The van der Waals surface area contributed by atoms with Gasteiger partial charge in [-0.3, -0.25) is 19.0 Å². The van der Waals surface area contributed by atoms with Crippen LogP contribution in [0.1, 0.15) is 22.2 Å². The van der Waals surface area contributed by atoms with E-state index < -0.39 is 0 Å². The molecule has 4 aromatic rings. The molecule has 1 N–H and O–H groups in total. The summed E-state index contributed by atoms with van der Waals surface area (Å²) >= 11 is 12.1. The predicted molar refractivity (Wildman–Crippen MR) is 132 cm³/mol. The maximum absolute atomic E-state index is 13.2. The Morgan fingerprint density at radius 3 is 2.94 bits per heavy atom. The molecule has 6 rings (SSSR count). The quantitative estimate of drug-likeness (QED) is 0.358. The van der Waals surface area contributed by atoms with E-state index in [9.17, 15) is 4.79 Å². The minimum absolute atomic E-state index is 0.0275. The molecule has 2 aliphatic heterocycles. The van der Waals surface area contributed by atoms with Gasteiger partial charge in [0.1, 0.15) is 5.75 Å². The Morgan fingerprint density at radius 1 is 1.25 bits per heavy atom. The number of thioether (sulfide) groups is 1. The van der Waals surface area contributed by atoms with Crippen LogP contribution < -0.4 is 9.61 Å². The average molecular weight is 546 g/mol. The highest BCUT2D eigenvalue weighted by atomic mass is 79.9. The summed E-state index contributed by atoms with van der Waals surface area (Å²) in [4.78, 5) is 14.3. The van der Waals surface area contributed by atoms with Crippen molar-refractivity contribution in [2.45, 2.75) is 17.5 Å². The number of aromatic nitrogens is 4. The number of nitrogens with one attached hydrogen (secondary N) is 1. The number of aromatic amines is 1. The molecule has 0 spiro atoms. The van der Waals surface area contributed by atoms with Gasteiger partial charge in [-0.25, -0.2) is 0 Å². The molecule has 0 amide bonds. The number of fused-ring (bicyclic) bond motifs is 5. The third-order valence-electron chi connectivity index (χ3n) is 5.88. The first kappa shape index (κ1) is 20.5. The maximum Gasteiger partial charge on any atom is 0.308 e. The van der Waals surface area contributed by atoms with E-state index in [1.165, 1.54) is 11.3 Å². The fourth-order valence-electron chi connectivity index (χ4n) is 4.44. The predicted octanol–water partition coefficient (Wildman–Crippen LogP) is 5.21. The van der Waals surface area contributed by atoms with Gasteiger partial charge in [0.25, 0.3) is 0 Å². The monoisotopic (exact) mass is 544 g/mol. The number of nitrogens with zero attached hydrogens (tertiary/aromatic N) is 3. The summed E-state index contributed by atoms with van der Waals surface area (Å²) in [6, 6.07) is 16.0. The molecule has 10 heteroatoms. The topological polar surface area (TPSA) is 64.8 Å². The van der Waals surface area contributed by atoms with Crippen LogP contribution in [0.25, 0.3) is 5.69 Å². The summed E-state index contributed by atoms with van der Waals surface area (Å²) in [6.07, 6.45) is 0. The van der Waals surface area contributed by atoms with Gasteiger partial charge in [-0.2, -0.15) is 5.10 Å². The molecule has 162 valence electrons. The molecule has 2 atom stereocenters. The van der Waals surface area contributed by atoms with E-state index in [4.69, 9.17) is 17.0 Å². The molecular formula is C22H17BrN4O2S3. The number of para-hydroxylation sites is 1. The van der Waals surface area contributed by atoms with E-state index in [0.717, 1.165) is 37.1 Å². The van der Waals surface area contributed by atoms with Gasteiger partial charge in [0, 0.05) is 38.2 Å². The van der Waals surface area contributed by atoms with Gasteiger partial charge in [0.05, 0.1) is 18.2 Å². The fraction of sp³-hybridized carbons (Fsp3) is 0.227. The van der Waals surface area contributed by atoms with Crippen LogP contribution >= 0.6 is 51.2 Å². The molecule has 0 saturated carbocycles. The third-order valence-corrected chi connectivity index (χ3v) is 9.14. The van der Waals surface area contributed by atoms with Crippen LogP contribution in [0.15, 0.2) is 62.8 Å². The molecule has 0 radical (unpaired) electrons. The average Bonchev–Trinajstić information content (AvgIpc) is 3.33. The van der Waals surface area contributed by atoms with Gasteiger partial charge in [0.15, 0.2) is 10.6 Å². The summed E-state index contributed by atoms with van der Waals surface area (Å²) in [5, 5.41) is 8.36. The summed E-state index contributed by atoms with van der Waals surface area (Å²) in [7, 11) is 0. The summed E-state index contributed by atoms with van der Waals surface area (Å²) in [6.45, 7) is 1.03. The molecule has 0 bridgehead atoms. The lowest BCUT2D eigenvalue weighted by molar-refractivity contribution is 0.219. The Labute approximate surface area is 205 Å². The lowest BCUT2D eigenvalue weighted by Gasteiger charge is -2.36. The molecule has 4 heterocycles. The summed E-state index contributed by atoms with van der Waals surface area (Å²) < 4.78 is 11.3. The number of hydrogen-bond donors (Lipinski definition) is 1. The van der Waals surface area contributed by atoms with Crippen molar-refractivity contribution >= 4 is 51.2 Å². The first-order valence-corrected chi connectivity index (χ1v) is 13.1.